The van der Waals surface area contributed by atoms with E-state index in [1.807, 2.05) is 0 Å². The number of rotatable bonds is 3. The Morgan fingerprint density at radius 1 is 0.767 bits per heavy atom. The summed E-state index contributed by atoms with van der Waals surface area (Å²) in [7, 11) is -10.5. The molecule has 1 aliphatic heterocycles. The van der Waals surface area contributed by atoms with Crippen LogP contribution < -0.4 is 18.2 Å². The SMILES string of the molecule is C[n+]1c2c3c(cccc3c3ccc(OS(=O)(=O)C(F)(F)F)cc31)Oc1ccc(OC(F)(F)F)cc1-2.O=S(=O)([O-])C(F)(F)F. The molecular formula is C23H12F9NO8S2. The van der Waals surface area contributed by atoms with Crippen LogP contribution in [-0.2, 0) is 27.3 Å². The van der Waals surface area contributed by atoms with Crippen LogP contribution in [-0.4, -0.2) is 38.8 Å². The van der Waals surface area contributed by atoms with Crippen LogP contribution >= 0.6 is 0 Å². The van der Waals surface area contributed by atoms with Crippen LogP contribution in [0.4, 0.5) is 39.5 Å². The number of halogens is 9. The van der Waals surface area contributed by atoms with Crippen LogP contribution in [0.5, 0.6) is 23.0 Å². The fraction of sp³-hybridized carbons (Fsp3) is 0.174. The molecule has 0 radical (unpaired) electrons. The highest BCUT2D eigenvalue weighted by molar-refractivity contribution is 7.88. The van der Waals surface area contributed by atoms with Crippen molar-refractivity contribution in [1.29, 1.82) is 0 Å². The number of aryl methyl sites for hydroxylation is 1. The largest absolute Gasteiger partial charge is 0.741 e. The van der Waals surface area contributed by atoms with E-state index in [4.69, 9.17) is 17.7 Å². The Hall–Kier alpha value is -4.04. The van der Waals surface area contributed by atoms with Crippen molar-refractivity contribution in [1.82, 2.24) is 0 Å². The highest BCUT2D eigenvalue weighted by Gasteiger charge is 2.48. The van der Waals surface area contributed by atoms with Gasteiger partial charge in [-0.1, -0.05) is 12.1 Å². The first-order valence-electron chi connectivity index (χ1n) is 11.0. The van der Waals surface area contributed by atoms with Crippen LogP contribution in [0.1, 0.15) is 0 Å². The van der Waals surface area contributed by atoms with Crippen LogP contribution in [0.25, 0.3) is 32.9 Å². The Balaban J connectivity index is 0.000000467. The van der Waals surface area contributed by atoms with E-state index in [1.54, 1.807) is 18.2 Å². The lowest BCUT2D eigenvalue weighted by molar-refractivity contribution is -0.632. The van der Waals surface area contributed by atoms with Crippen molar-refractivity contribution in [3.63, 3.8) is 0 Å². The monoisotopic (exact) mass is 665 g/mol. The fourth-order valence-corrected chi connectivity index (χ4v) is 4.48. The number of fused-ring (bicyclic) bond motifs is 4. The zero-order valence-corrected chi connectivity index (χ0v) is 22.3. The van der Waals surface area contributed by atoms with Gasteiger partial charge in [0.05, 0.1) is 22.4 Å². The van der Waals surface area contributed by atoms with Crippen molar-refractivity contribution >= 4 is 41.9 Å². The minimum Gasteiger partial charge on any atom is -0.741 e. The molecule has 0 saturated heterocycles. The lowest BCUT2D eigenvalue weighted by Crippen LogP contribution is -2.33. The molecule has 0 spiro atoms. The number of benzene rings is 3. The third-order valence-electron chi connectivity index (χ3n) is 5.65. The maximum absolute atomic E-state index is 12.8. The molecular weight excluding hydrogens is 653 g/mol. The zero-order valence-electron chi connectivity index (χ0n) is 20.6. The van der Waals surface area contributed by atoms with E-state index in [0.717, 1.165) is 24.3 Å². The molecule has 0 amide bonds. The molecule has 9 nitrogen and oxygen atoms in total. The minimum atomic E-state index is -6.09. The first-order chi connectivity index (χ1) is 19.5. The summed E-state index contributed by atoms with van der Waals surface area (Å²) in [4.78, 5) is 0. The summed E-state index contributed by atoms with van der Waals surface area (Å²) < 4.78 is 174. The molecule has 232 valence electrons. The lowest BCUT2D eigenvalue weighted by Gasteiger charge is -2.21. The fourth-order valence-electron chi connectivity index (χ4n) is 4.03. The third-order valence-corrected chi connectivity index (χ3v) is 7.20. The van der Waals surface area contributed by atoms with Gasteiger partial charge in [0, 0.05) is 5.39 Å². The molecule has 43 heavy (non-hydrogen) atoms. The summed E-state index contributed by atoms with van der Waals surface area (Å²) in [5, 5.41) is 1.62. The summed E-state index contributed by atoms with van der Waals surface area (Å²) in [6.45, 7) is 0. The summed E-state index contributed by atoms with van der Waals surface area (Å²) in [5.74, 6) is -0.455. The van der Waals surface area contributed by atoms with Crippen molar-refractivity contribution < 1.29 is 79.1 Å². The number of nitrogens with zero attached hydrogens (tertiary/aromatic N) is 1. The van der Waals surface area contributed by atoms with E-state index in [-0.39, 0.29) is 16.8 Å². The normalized spacial score (nSPS) is 13.6. The van der Waals surface area contributed by atoms with E-state index in [2.05, 4.69) is 8.92 Å². The molecule has 1 aromatic heterocycles. The molecule has 5 rings (SSSR count). The standard InChI is InChI=1S/C22H12F6NO5S.CHF3O3S/c1-29-16-10-12(34-35(30,31)22(26,27)28)5-7-13(16)14-3-2-4-18-19(14)20(29)15-9-11(33-21(23,24)25)6-8-17(15)32-18;2-1(3,4)8(5,6)7/h2-10H,1H3;(H,5,6,7)/q+1;/p-1. The van der Waals surface area contributed by atoms with E-state index in [0.29, 0.717) is 27.6 Å². The molecule has 0 atom stereocenters. The van der Waals surface area contributed by atoms with Crippen molar-refractivity contribution in [2.75, 3.05) is 0 Å². The molecule has 4 aromatic rings. The molecule has 2 heterocycles. The quantitative estimate of drug-likeness (QED) is 0.0595. The number of ether oxygens (including phenoxy) is 2. The number of pyridine rings is 1. The summed E-state index contributed by atoms with van der Waals surface area (Å²) in [5.41, 5.74) is -10.4. The maximum Gasteiger partial charge on any atom is 0.573 e. The van der Waals surface area contributed by atoms with Gasteiger partial charge in [-0.3, -0.25) is 0 Å². The number of hydrogen-bond acceptors (Lipinski definition) is 8. The zero-order chi connectivity index (χ0) is 32.3. The smallest absolute Gasteiger partial charge is 0.573 e. The second-order valence-electron chi connectivity index (χ2n) is 8.46. The van der Waals surface area contributed by atoms with Gasteiger partial charge in [-0.25, -0.2) is 8.42 Å². The summed E-state index contributed by atoms with van der Waals surface area (Å²) >= 11 is 0. The molecule has 0 aliphatic carbocycles. The Bertz CT molecular complexity index is 1970. The molecule has 0 fully saturated rings. The molecule has 0 N–H and O–H groups in total. The maximum atomic E-state index is 12.8. The average molecular weight is 665 g/mol. The molecule has 0 saturated carbocycles. The molecule has 0 unspecified atom stereocenters. The van der Waals surface area contributed by atoms with Crippen molar-refractivity contribution in [2.24, 2.45) is 7.05 Å². The molecule has 20 heteroatoms. The Labute approximate surface area is 234 Å². The third kappa shape index (κ3) is 6.34. The lowest BCUT2D eigenvalue weighted by atomic mass is 9.96. The average Bonchev–Trinajstić information content (AvgIpc) is 2.83. The predicted octanol–water partition coefficient (Wildman–Crippen LogP) is 5.77. The minimum absolute atomic E-state index is 0.224. The van der Waals surface area contributed by atoms with E-state index in [1.165, 1.54) is 23.7 Å². The van der Waals surface area contributed by atoms with Crippen molar-refractivity contribution in [3.8, 4) is 34.3 Å². The van der Waals surface area contributed by atoms with Crippen molar-refractivity contribution in [3.05, 3.63) is 54.6 Å². The van der Waals surface area contributed by atoms with E-state index in [9.17, 15) is 47.9 Å². The van der Waals surface area contributed by atoms with E-state index < -0.39 is 49.1 Å². The van der Waals surface area contributed by atoms with Crippen molar-refractivity contribution in [2.45, 2.75) is 17.4 Å². The van der Waals surface area contributed by atoms with Crippen LogP contribution in [0.15, 0.2) is 54.6 Å². The predicted molar refractivity (Wildman–Crippen MR) is 126 cm³/mol. The summed E-state index contributed by atoms with van der Waals surface area (Å²) in [6, 6.07) is 12.1. The highest BCUT2D eigenvalue weighted by Crippen LogP contribution is 2.48. The first kappa shape index (κ1) is 31.9. The van der Waals surface area contributed by atoms with Crippen LogP contribution in [0, 0.1) is 0 Å². The second-order valence-corrected chi connectivity index (χ2v) is 11.4. The van der Waals surface area contributed by atoms with E-state index >= 15 is 0 Å². The second kappa shape index (κ2) is 10.3. The van der Waals surface area contributed by atoms with Gasteiger partial charge in [-0.05, 0) is 36.4 Å². The Kier molecular flexibility index (Phi) is 7.64. The van der Waals surface area contributed by atoms with Gasteiger partial charge in [0.2, 0.25) is 11.2 Å². The van der Waals surface area contributed by atoms with Gasteiger partial charge in [-0.15, -0.1) is 13.2 Å². The number of aromatic nitrogens is 1. The summed E-state index contributed by atoms with van der Waals surface area (Å²) in [6.07, 6.45) is -4.93. The number of alkyl halides is 9. The van der Waals surface area contributed by atoms with Gasteiger partial charge in [-0.2, -0.15) is 39.3 Å². The van der Waals surface area contributed by atoms with Gasteiger partial charge < -0.3 is 18.2 Å². The van der Waals surface area contributed by atoms with Crippen LogP contribution in [0.3, 0.4) is 0 Å². The van der Waals surface area contributed by atoms with Crippen LogP contribution in [0.2, 0.25) is 0 Å². The Morgan fingerprint density at radius 3 is 1.93 bits per heavy atom. The highest BCUT2D eigenvalue weighted by atomic mass is 32.2. The molecule has 1 aliphatic rings. The van der Waals surface area contributed by atoms with Gasteiger partial charge in [0.1, 0.15) is 30.0 Å². The molecule has 3 aromatic carbocycles. The molecule has 0 bridgehead atoms. The first-order valence-corrected chi connectivity index (χ1v) is 13.8. The Morgan fingerprint density at radius 2 is 1.37 bits per heavy atom. The van der Waals surface area contributed by atoms with Gasteiger partial charge in [0.15, 0.2) is 10.1 Å². The van der Waals surface area contributed by atoms with Gasteiger partial charge >= 0.3 is 27.5 Å². The number of hydrogen-bond donors (Lipinski definition) is 0. The van der Waals surface area contributed by atoms with Gasteiger partial charge in [0.25, 0.3) is 0 Å². The topological polar surface area (TPSA) is 123 Å².